The molecule has 2 N–H and O–H groups in total. The van der Waals surface area contributed by atoms with Crippen molar-refractivity contribution in [3.05, 3.63) is 17.5 Å². The Kier molecular flexibility index (Phi) is 2.83. The predicted molar refractivity (Wildman–Crippen MR) is 67.7 cm³/mol. The molecule has 0 radical (unpaired) electrons. The zero-order chi connectivity index (χ0) is 12.6. The zero-order valence-electron chi connectivity index (χ0n) is 9.80. The second-order valence-electron chi connectivity index (χ2n) is 4.76. The van der Waals surface area contributed by atoms with Crippen molar-refractivity contribution in [2.24, 2.45) is 5.41 Å². The molecule has 3 rings (SSSR count). The van der Waals surface area contributed by atoms with E-state index in [-0.39, 0.29) is 12.0 Å². The molecule has 1 aliphatic carbocycles. The standard InChI is InChI=1S/C11H14ClN5O/c12-8-5-9(17-10(16-8)14-7-15-17)13-6-11(1-2-11)3-4-18/h5,7,13,18H,1-4,6H2. The van der Waals surface area contributed by atoms with Crippen LogP contribution in [0.25, 0.3) is 5.78 Å². The summed E-state index contributed by atoms with van der Waals surface area (Å²) in [4.78, 5) is 8.08. The quantitative estimate of drug-likeness (QED) is 0.800. The van der Waals surface area contributed by atoms with E-state index in [1.807, 2.05) is 0 Å². The third-order valence-electron chi connectivity index (χ3n) is 3.46. The van der Waals surface area contributed by atoms with Gasteiger partial charge in [0.25, 0.3) is 5.78 Å². The molecule has 0 atom stereocenters. The molecule has 2 heterocycles. The monoisotopic (exact) mass is 267 g/mol. The molecule has 0 bridgehead atoms. The third kappa shape index (κ3) is 2.13. The smallest absolute Gasteiger partial charge is 0.255 e. The third-order valence-corrected chi connectivity index (χ3v) is 3.66. The van der Waals surface area contributed by atoms with Gasteiger partial charge in [-0.2, -0.15) is 19.6 Å². The van der Waals surface area contributed by atoms with Crippen LogP contribution in [-0.4, -0.2) is 37.8 Å². The van der Waals surface area contributed by atoms with E-state index in [4.69, 9.17) is 16.7 Å². The van der Waals surface area contributed by atoms with Crippen LogP contribution < -0.4 is 5.32 Å². The molecular weight excluding hydrogens is 254 g/mol. The van der Waals surface area contributed by atoms with Gasteiger partial charge in [-0.05, 0) is 24.7 Å². The molecular formula is C11H14ClN5O. The Bertz CT molecular complexity index is 566. The average molecular weight is 268 g/mol. The maximum Gasteiger partial charge on any atom is 0.255 e. The van der Waals surface area contributed by atoms with Crippen LogP contribution in [0, 0.1) is 5.41 Å². The number of aliphatic hydroxyl groups is 1. The van der Waals surface area contributed by atoms with Crippen LogP contribution in [0.2, 0.25) is 5.15 Å². The highest BCUT2D eigenvalue weighted by Gasteiger charge is 2.41. The fraction of sp³-hybridized carbons (Fsp3) is 0.545. The first-order chi connectivity index (χ1) is 8.72. The van der Waals surface area contributed by atoms with E-state index in [0.717, 1.165) is 31.6 Å². The molecule has 1 saturated carbocycles. The molecule has 7 heteroatoms. The van der Waals surface area contributed by atoms with E-state index < -0.39 is 0 Å². The lowest BCUT2D eigenvalue weighted by molar-refractivity contribution is 0.253. The number of halogens is 1. The van der Waals surface area contributed by atoms with E-state index >= 15 is 0 Å². The van der Waals surface area contributed by atoms with Gasteiger partial charge >= 0.3 is 0 Å². The fourth-order valence-corrected chi connectivity index (χ4v) is 2.30. The number of rotatable bonds is 5. The van der Waals surface area contributed by atoms with Gasteiger partial charge in [-0.3, -0.25) is 0 Å². The van der Waals surface area contributed by atoms with Gasteiger partial charge in [0.15, 0.2) is 0 Å². The molecule has 1 aliphatic rings. The van der Waals surface area contributed by atoms with E-state index in [1.165, 1.54) is 6.33 Å². The Morgan fingerprint density at radius 2 is 2.33 bits per heavy atom. The van der Waals surface area contributed by atoms with E-state index in [0.29, 0.717) is 10.9 Å². The molecule has 0 saturated heterocycles. The van der Waals surface area contributed by atoms with Gasteiger partial charge in [0.05, 0.1) is 0 Å². The predicted octanol–water partition coefficient (Wildman–Crippen LogP) is 1.35. The van der Waals surface area contributed by atoms with Gasteiger partial charge in [0.2, 0.25) is 0 Å². The summed E-state index contributed by atoms with van der Waals surface area (Å²) in [6, 6.07) is 1.73. The molecule has 96 valence electrons. The SMILES string of the molecule is OCCC1(CNc2cc(Cl)nc3ncnn23)CC1. The topological polar surface area (TPSA) is 75.3 Å². The Hall–Kier alpha value is -1.40. The highest BCUT2D eigenvalue weighted by molar-refractivity contribution is 6.29. The summed E-state index contributed by atoms with van der Waals surface area (Å²) in [7, 11) is 0. The Morgan fingerprint density at radius 1 is 1.50 bits per heavy atom. The molecule has 0 amide bonds. The van der Waals surface area contributed by atoms with Gasteiger partial charge in [-0.1, -0.05) is 11.6 Å². The Balaban J connectivity index is 1.80. The van der Waals surface area contributed by atoms with E-state index in [9.17, 15) is 0 Å². The lowest BCUT2D eigenvalue weighted by Crippen LogP contribution is -2.18. The van der Waals surface area contributed by atoms with Crippen LogP contribution >= 0.6 is 11.6 Å². The minimum atomic E-state index is 0.234. The molecule has 18 heavy (non-hydrogen) atoms. The first-order valence-corrected chi connectivity index (χ1v) is 6.31. The summed E-state index contributed by atoms with van der Waals surface area (Å²) in [6.45, 7) is 1.04. The van der Waals surface area contributed by atoms with Crippen molar-refractivity contribution in [2.75, 3.05) is 18.5 Å². The largest absolute Gasteiger partial charge is 0.396 e. The van der Waals surface area contributed by atoms with Crippen LogP contribution in [-0.2, 0) is 0 Å². The van der Waals surface area contributed by atoms with Crippen LogP contribution in [0.3, 0.4) is 0 Å². The van der Waals surface area contributed by atoms with Crippen LogP contribution in [0.1, 0.15) is 19.3 Å². The zero-order valence-corrected chi connectivity index (χ0v) is 10.6. The minimum absolute atomic E-state index is 0.234. The molecule has 0 aromatic carbocycles. The van der Waals surface area contributed by atoms with Gasteiger partial charge in [0.1, 0.15) is 17.3 Å². The van der Waals surface area contributed by atoms with Gasteiger partial charge in [0, 0.05) is 19.2 Å². The number of hydrogen-bond donors (Lipinski definition) is 2. The number of aliphatic hydroxyl groups excluding tert-OH is 1. The minimum Gasteiger partial charge on any atom is -0.396 e. The number of aromatic nitrogens is 4. The van der Waals surface area contributed by atoms with Gasteiger partial charge < -0.3 is 10.4 Å². The maximum absolute atomic E-state index is 9.04. The molecule has 0 unspecified atom stereocenters. The average Bonchev–Trinajstić information content (AvgIpc) is 2.94. The second kappa shape index (κ2) is 4.37. The molecule has 2 aromatic heterocycles. The summed E-state index contributed by atoms with van der Waals surface area (Å²) in [5, 5.41) is 16.9. The summed E-state index contributed by atoms with van der Waals surface area (Å²) >= 11 is 5.94. The van der Waals surface area contributed by atoms with Crippen molar-refractivity contribution in [1.82, 2.24) is 19.6 Å². The summed E-state index contributed by atoms with van der Waals surface area (Å²) < 4.78 is 1.63. The van der Waals surface area contributed by atoms with Crippen molar-refractivity contribution in [2.45, 2.75) is 19.3 Å². The number of hydrogen-bond acceptors (Lipinski definition) is 5. The first kappa shape index (κ1) is 11.7. The number of fused-ring (bicyclic) bond motifs is 1. The number of anilines is 1. The normalized spacial score (nSPS) is 17.0. The highest BCUT2D eigenvalue weighted by atomic mass is 35.5. The molecule has 0 aliphatic heterocycles. The van der Waals surface area contributed by atoms with Crippen LogP contribution in [0.4, 0.5) is 5.82 Å². The summed E-state index contributed by atoms with van der Waals surface area (Å²) in [5.41, 5.74) is 0.234. The van der Waals surface area contributed by atoms with Crippen LogP contribution in [0.15, 0.2) is 12.4 Å². The maximum atomic E-state index is 9.04. The van der Waals surface area contributed by atoms with Crippen molar-refractivity contribution < 1.29 is 5.11 Å². The van der Waals surface area contributed by atoms with Crippen LogP contribution in [0.5, 0.6) is 0 Å². The van der Waals surface area contributed by atoms with E-state index in [2.05, 4.69) is 20.4 Å². The molecule has 6 nitrogen and oxygen atoms in total. The fourth-order valence-electron chi connectivity index (χ4n) is 2.12. The number of nitrogens with one attached hydrogen (secondary N) is 1. The van der Waals surface area contributed by atoms with Crippen molar-refractivity contribution >= 4 is 23.2 Å². The second-order valence-corrected chi connectivity index (χ2v) is 5.15. The van der Waals surface area contributed by atoms with Crippen molar-refractivity contribution in [3.8, 4) is 0 Å². The molecule has 1 fully saturated rings. The lowest BCUT2D eigenvalue weighted by Gasteiger charge is -2.15. The summed E-state index contributed by atoms with van der Waals surface area (Å²) in [6.07, 6.45) is 4.59. The number of nitrogens with zero attached hydrogens (tertiary/aromatic N) is 4. The Morgan fingerprint density at radius 3 is 3.06 bits per heavy atom. The summed E-state index contributed by atoms with van der Waals surface area (Å²) in [5.74, 6) is 1.27. The van der Waals surface area contributed by atoms with Gasteiger partial charge in [-0.25, -0.2) is 0 Å². The molecule has 2 aromatic rings. The first-order valence-electron chi connectivity index (χ1n) is 5.93. The highest BCUT2D eigenvalue weighted by Crippen LogP contribution is 2.48. The van der Waals surface area contributed by atoms with E-state index in [1.54, 1.807) is 10.6 Å². The Labute approximate surface area is 109 Å². The van der Waals surface area contributed by atoms with Crippen molar-refractivity contribution in [3.63, 3.8) is 0 Å². The van der Waals surface area contributed by atoms with Crippen molar-refractivity contribution in [1.29, 1.82) is 0 Å². The van der Waals surface area contributed by atoms with Gasteiger partial charge in [-0.15, -0.1) is 0 Å². The lowest BCUT2D eigenvalue weighted by atomic mass is 10.0. The molecule has 0 spiro atoms.